The number of aromatic nitrogens is 1. The summed E-state index contributed by atoms with van der Waals surface area (Å²) in [4.78, 5) is 3.64. The fraction of sp³-hybridized carbons (Fsp3) is 0.444. The van der Waals surface area contributed by atoms with Crippen LogP contribution in [0.1, 0.15) is 6.92 Å². The molecule has 0 radical (unpaired) electrons. The van der Waals surface area contributed by atoms with Gasteiger partial charge in [0.1, 0.15) is 0 Å². The quantitative estimate of drug-likeness (QED) is 0.389. The maximum absolute atomic E-state index is 13.2. The van der Waals surface area contributed by atoms with E-state index < -0.39 is 11.6 Å². The van der Waals surface area contributed by atoms with Crippen molar-refractivity contribution in [3.63, 3.8) is 0 Å². The first kappa shape index (κ1) is 12.6. The molecule has 16 heavy (non-hydrogen) atoms. The second-order valence-electron chi connectivity index (χ2n) is 2.92. The number of rotatable bonds is 6. The van der Waals surface area contributed by atoms with Crippen molar-refractivity contribution in [3.8, 4) is 0 Å². The molecule has 0 saturated heterocycles. The molecule has 0 spiro atoms. The molecular weight excluding hydrogens is 218 g/mol. The van der Waals surface area contributed by atoms with Crippen molar-refractivity contribution in [2.75, 3.05) is 30.5 Å². The molecule has 0 atom stereocenters. The SMILES string of the molecule is CCOCCNc1nc(NN)c(F)cc1F. The predicted molar refractivity (Wildman–Crippen MR) is 56.9 cm³/mol. The average Bonchev–Trinajstić information content (AvgIpc) is 2.27. The second-order valence-corrected chi connectivity index (χ2v) is 2.92. The first-order valence-corrected chi connectivity index (χ1v) is 4.83. The number of ether oxygens (including phenoxy) is 1. The lowest BCUT2D eigenvalue weighted by Gasteiger charge is -2.09. The van der Waals surface area contributed by atoms with Crippen molar-refractivity contribution in [1.29, 1.82) is 0 Å². The topological polar surface area (TPSA) is 72.2 Å². The molecule has 0 aliphatic carbocycles. The third-order valence-corrected chi connectivity index (χ3v) is 1.81. The summed E-state index contributed by atoms with van der Waals surface area (Å²) in [6.07, 6.45) is 0. The lowest BCUT2D eigenvalue weighted by Crippen LogP contribution is -2.15. The number of pyridine rings is 1. The van der Waals surface area contributed by atoms with Gasteiger partial charge in [0.15, 0.2) is 23.3 Å². The van der Waals surface area contributed by atoms with Crippen LogP contribution in [-0.2, 0) is 4.74 Å². The van der Waals surface area contributed by atoms with E-state index in [4.69, 9.17) is 10.6 Å². The number of nitrogens with two attached hydrogens (primary N) is 1. The Morgan fingerprint density at radius 1 is 1.38 bits per heavy atom. The molecule has 0 fully saturated rings. The molecule has 0 aliphatic rings. The number of nitrogens with one attached hydrogen (secondary N) is 2. The van der Waals surface area contributed by atoms with Crippen LogP contribution in [-0.4, -0.2) is 24.7 Å². The molecule has 0 saturated carbocycles. The van der Waals surface area contributed by atoms with E-state index in [1.54, 1.807) is 0 Å². The lowest BCUT2D eigenvalue weighted by atomic mass is 10.4. The highest BCUT2D eigenvalue weighted by Gasteiger charge is 2.10. The van der Waals surface area contributed by atoms with Crippen molar-refractivity contribution in [3.05, 3.63) is 17.7 Å². The molecule has 1 heterocycles. The van der Waals surface area contributed by atoms with Gasteiger partial charge in [0.2, 0.25) is 0 Å². The van der Waals surface area contributed by atoms with E-state index in [2.05, 4.69) is 10.3 Å². The minimum absolute atomic E-state index is 0.0611. The fourth-order valence-electron chi connectivity index (χ4n) is 1.08. The zero-order valence-corrected chi connectivity index (χ0v) is 8.89. The van der Waals surface area contributed by atoms with Gasteiger partial charge < -0.3 is 15.5 Å². The van der Waals surface area contributed by atoms with E-state index in [1.165, 1.54) is 0 Å². The van der Waals surface area contributed by atoms with Crippen molar-refractivity contribution in [2.24, 2.45) is 5.84 Å². The van der Waals surface area contributed by atoms with Crippen LogP contribution in [0.2, 0.25) is 0 Å². The number of hydrogen-bond donors (Lipinski definition) is 3. The number of nitrogen functional groups attached to an aromatic ring is 1. The molecule has 1 aromatic rings. The summed E-state index contributed by atoms with van der Waals surface area (Å²) in [5.41, 5.74) is 2.04. The summed E-state index contributed by atoms with van der Waals surface area (Å²) < 4.78 is 31.2. The Hall–Kier alpha value is -1.47. The molecule has 0 aromatic carbocycles. The van der Waals surface area contributed by atoms with Gasteiger partial charge in [-0.15, -0.1) is 0 Å². The van der Waals surface area contributed by atoms with E-state index in [-0.39, 0.29) is 11.6 Å². The van der Waals surface area contributed by atoms with Gasteiger partial charge in [0.05, 0.1) is 6.61 Å². The molecule has 1 rings (SSSR count). The molecule has 7 heteroatoms. The Kier molecular flexibility index (Phi) is 4.87. The Balaban J connectivity index is 2.64. The third-order valence-electron chi connectivity index (χ3n) is 1.81. The number of anilines is 2. The van der Waals surface area contributed by atoms with Crippen molar-refractivity contribution < 1.29 is 13.5 Å². The summed E-state index contributed by atoms with van der Waals surface area (Å²) in [5, 5.41) is 2.68. The van der Waals surface area contributed by atoms with Crippen molar-refractivity contribution >= 4 is 11.6 Å². The average molecular weight is 232 g/mol. The smallest absolute Gasteiger partial charge is 0.178 e. The van der Waals surface area contributed by atoms with Crippen molar-refractivity contribution in [2.45, 2.75) is 6.92 Å². The fourth-order valence-corrected chi connectivity index (χ4v) is 1.08. The molecule has 4 N–H and O–H groups in total. The Bertz CT molecular complexity index is 349. The van der Waals surface area contributed by atoms with Gasteiger partial charge in [0, 0.05) is 19.2 Å². The zero-order valence-electron chi connectivity index (χ0n) is 8.89. The predicted octanol–water partition coefficient (Wildman–Crippen LogP) is 1.09. The van der Waals surface area contributed by atoms with Crippen LogP contribution in [0.25, 0.3) is 0 Å². The Labute approximate surface area is 92.0 Å². The highest BCUT2D eigenvalue weighted by molar-refractivity contribution is 5.46. The Morgan fingerprint density at radius 3 is 2.69 bits per heavy atom. The molecule has 0 unspecified atom stereocenters. The number of hydrogen-bond acceptors (Lipinski definition) is 5. The van der Waals surface area contributed by atoms with E-state index >= 15 is 0 Å². The van der Waals surface area contributed by atoms with E-state index in [9.17, 15) is 8.78 Å². The standard InChI is InChI=1S/C9H14F2N4O/c1-2-16-4-3-13-8-6(10)5-7(11)9(14-8)15-12/h5H,2-4,12H2,1H3,(H2,13,14,15). The first-order chi connectivity index (χ1) is 7.69. The third kappa shape index (κ3) is 3.28. The van der Waals surface area contributed by atoms with Crippen LogP contribution in [0.15, 0.2) is 6.07 Å². The maximum Gasteiger partial charge on any atom is 0.178 e. The normalized spacial score (nSPS) is 10.2. The summed E-state index contributed by atoms with van der Waals surface area (Å²) in [5.74, 6) is 3.14. The summed E-state index contributed by atoms with van der Waals surface area (Å²) in [7, 11) is 0. The van der Waals surface area contributed by atoms with Gasteiger partial charge in [-0.2, -0.15) is 0 Å². The van der Waals surface area contributed by atoms with E-state index in [1.807, 2.05) is 12.3 Å². The molecule has 1 aromatic heterocycles. The number of halogens is 2. The minimum Gasteiger partial charge on any atom is -0.380 e. The molecule has 0 aliphatic heterocycles. The van der Waals surface area contributed by atoms with Crippen LogP contribution in [0.5, 0.6) is 0 Å². The number of nitrogens with zero attached hydrogens (tertiary/aromatic N) is 1. The molecule has 90 valence electrons. The Morgan fingerprint density at radius 2 is 2.06 bits per heavy atom. The van der Waals surface area contributed by atoms with Crippen LogP contribution in [0, 0.1) is 11.6 Å². The van der Waals surface area contributed by atoms with Gasteiger partial charge in [-0.3, -0.25) is 0 Å². The zero-order chi connectivity index (χ0) is 12.0. The van der Waals surface area contributed by atoms with Crippen molar-refractivity contribution in [1.82, 2.24) is 4.98 Å². The second kappa shape index (κ2) is 6.19. The molecule has 0 bridgehead atoms. The lowest BCUT2D eigenvalue weighted by molar-refractivity contribution is 0.158. The van der Waals surface area contributed by atoms with Gasteiger partial charge in [-0.05, 0) is 6.92 Å². The molecule has 5 nitrogen and oxygen atoms in total. The maximum atomic E-state index is 13.2. The summed E-state index contributed by atoms with van der Waals surface area (Å²) in [6.45, 7) is 3.23. The van der Waals surface area contributed by atoms with Gasteiger partial charge in [-0.25, -0.2) is 19.6 Å². The van der Waals surface area contributed by atoms with E-state index in [0.717, 1.165) is 0 Å². The number of hydrazine groups is 1. The molecular formula is C9H14F2N4O. The van der Waals surface area contributed by atoms with Gasteiger partial charge >= 0.3 is 0 Å². The summed E-state index contributed by atoms with van der Waals surface area (Å²) in [6, 6.07) is 0.713. The van der Waals surface area contributed by atoms with Crippen LogP contribution < -0.4 is 16.6 Å². The van der Waals surface area contributed by atoms with E-state index in [0.29, 0.717) is 25.8 Å². The van der Waals surface area contributed by atoms with Gasteiger partial charge in [-0.1, -0.05) is 0 Å². The van der Waals surface area contributed by atoms with Crippen LogP contribution in [0.3, 0.4) is 0 Å². The summed E-state index contributed by atoms with van der Waals surface area (Å²) >= 11 is 0. The van der Waals surface area contributed by atoms with Gasteiger partial charge in [0.25, 0.3) is 0 Å². The highest BCUT2D eigenvalue weighted by atomic mass is 19.1. The molecule has 0 amide bonds. The van der Waals surface area contributed by atoms with Crippen LogP contribution >= 0.6 is 0 Å². The van der Waals surface area contributed by atoms with Crippen LogP contribution in [0.4, 0.5) is 20.4 Å². The first-order valence-electron chi connectivity index (χ1n) is 4.83. The monoisotopic (exact) mass is 232 g/mol. The highest BCUT2D eigenvalue weighted by Crippen LogP contribution is 2.17. The minimum atomic E-state index is -0.838. The largest absolute Gasteiger partial charge is 0.380 e.